The van der Waals surface area contributed by atoms with Crippen molar-refractivity contribution in [2.24, 2.45) is 0 Å². The Morgan fingerprint density at radius 2 is 2.06 bits per heavy atom. The number of fused-ring (bicyclic) bond motifs is 1. The number of halogens is 2. The molecule has 0 amide bonds. The van der Waals surface area contributed by atoms with Gasteiger partial charge >= 0.3 is 0 Å². The molecule has 0 N–H and O–H groups in total. The van der Waals surface area contributed by atoms with E-state index in [1.165, 1.54) is 17.8 Å². The first kappa shape index (κ1) is 11.0. The quantitative estimate of drug-likeness (QED) is 0.778. The average Bonchev–Trinajstić information content (AvgIpc) is 2.83. The number of aromatic nitrogens is 2. The van der Waals surface area contributed by atoms with E-state index in [-0.39, 0.29) is 5.82 Å². The third-order valence-corrected chi connectivity index (χ3v) is 4.11. The standard InChI is InChI=1S/C13H12BrFN2/c1-8-2-7-11-12(14)13(16-17(8)11)9-3-5-10(15)6-4-9/h3-6,8H,2,7H2,1H3/t8-/m0/s1. The largest absolute Gasteiger partial charge is 0.265 e. The van der Waals surface area contributed by atoms with Crippen LogP contribution in [0.1, 0.15) is 25.1 Å². The molecule has 3 rings (SSSR count). The maximum Gasteiger partial charge on any atom is 0.123 e. The van der Waals surface area contributed by atoms with Crippen molar-refractivity contribution in [1.82, 2.24) is 9.78 Å². The van der Waals surface area contributed by atoms with E-state index < -0.39 is 0 Å². The van der Waals surface area contributed by atoms with Gasteiger partial charge < -0.3 is 0 Å². The Kier molecular flexibility index (Phi) is 2.54. The van der Waals surface area contributed by atoms with E-state index in [0.29, 0.717) is 6.04 Å². The highest BCUT2D eigenvalue weighted by molar-refractivity contribution is 9.10. The summed E-state index contributed by atoms with van der Waals surface area (Å²) in [5, 5.41) is 4.62. The van der Waals surface area contributed by atoms with Crippen LogP contribution in [0.5, 0.6) is 0 Å². The number of nitrogens with zero attached hydrogens (tertiary/aromatic N) is 2. The summed E-state index contributed by atoms with van der Waals surface area (Å²) >= 11 is 3.61. The average molecular weight is 295 g/mol. The van der Waals surface area contributed by atoms with Crippen molar-refractivity contribution in [3.63, 3.8) is 0 Å². The summed E-state index contributed by atoms with van der Waals surface area (Å²) in [6, 6.07) is 6.92. The first-order chi connectivity index (χ1) is 8.16. The lowest BCUT2D eigenvalue weighted by molar-refractivity contribution is 0.523. The molecule has 0 unspecified atom stereocenters. The van der Waals surface area contributed by atoms with Crippen LogP contribution >= 0.6 is 15.9 Å². The minimum Gasteiger partial charge on any atom is -0.265 e. The van der Waals surface area contributed by atoms with Crippen LogP contribution in [-0.2, 0) is 6.42 Å². The van der Waals surface area contributed by atoms with Crippen molar-refractivity contribution >= 4 is 15.9 Å². The fourth-order valence-electron chi connectivity index (χ4n) is 2.30. The zero-order valence-electron chi connectivity index (χ0n) is 9.45. The normalized spacial score (nSPS) is 18.4. The van der Waals surface area contributed by atoms with Crippen LogP contribution in [0, 0.1) is 5.82 Å². The molecule has 88 valence electrons. The molecule has 0 saturated heterocycles. The second kappa shape index (κ2) is 3.95. The van der Waals surface area contributed by atoms with Gasteiger partial charge in [-0.3, -0.25) is 4.68 Å². The fraction of sp³-hybridized carbons (Fsp3) is 0.308. The van der Waals surface area contributed by atoms with Gasteiger partial charge in [0, 0.05) is 11.6 Å². The molecule has 0 bridgehead atoms. The van der Waals surface area contributed by atoms with E-state index in [1.54, 1.807) is 12.1 Å². The zero-order valence-corrected chi connectivity index (χ0v) is 11.0. The predicted molar refractivity (Wildman–Crippen MR) is 68.4 cm³/mol. The highest BCUT2D eigenvalue weighted by Gasteiger charge is 2.25. The molecule has 1 aromatic heterocycles. The molecule has 2 nitrogen and oxygen atoms in total. The molecular weight excluding hydrogens is 283 g/mol. The first-order valence-electron chi connectivity index (χ1n) is 5.69. The predicted octanol–water partition coefficient (Wildman–Crippen LogP) is 3.96. The van der Waals surface area contributed by atoms with Gasteiger partial charge in [0.1, 0.15) is 11.5 Å². The lowest BCUT2D eigenvalue weighted by Gasteiger charge is -2.03. The molecule has 1 aliphatic heterocycles. The Bertz CT molecular complexity index is 560. The van der Waals surface area contributed by atoms with Crippen LogP contribution in [0.2, 0.25) is 0 Å². The summed E-state index contributed by atoms with van der Waals surface area (Å²) < 4.78 is 16.0. The molecule has 1 aromatic carbocycles. The highest BCUT2D eigenvalue weighted by atomic mass is 79.9. The van der Waals surface area contributed by atoms with Gasteiger partial charge in [0.05, 0.1) is 10.2 Å². The topological polar surface area (TPSA) is 17.8 Å². The minimum absolute atomic E-state index is 0.218. The van der Waals surface area contributed by atoms with Gasteiger partial charge in [0.2, 0.25) is 0 Å². The monoisotopic (exact) mass is 294 g/mol. The summed E-state index contributed by atoms with van der Waals surface area (Å²) in [7, 11) is 0. The van der Waals surface area contributed by atoms with Crippen molar-refractivity contribution in [3.05, 3.63) is 40.2 Å². The van der Waals surface area contributed by atoms with Crippen LogP contribution < -0.4 is 0 Å². The van der Waals surface area contributed by atoms with Crippen LogP contribution in [0.15, 0.2) is 28.7 Å². The van der Waals surface area contributed by atoms with E-state index in [4.69, 9.17) is 0 Å². The molecular formula is C13H12BrFN2. The smallest absolute Gasteiger partial charge is 0.123 e. The molecule has 1 aliphatic rings. The zero-order chi connectivity index (χ0) is 12.0. The fourth-order valence-corrected chi connectivity index (χ4v) is 2.99. The van der Waals surface area contributed by atoms with Gasteiger partial charge in [-0.1, -0.05) is 0 Å². The minimum atomic E-state index is -0.218. The second-order valence-corrected chi connectivity index (χ2v) is 5.24. The van der Waals surface area contributed by atoms with Gasteiger partial charge in [0.15, 0.2) is 0 Å². The van der Waals surface area contributed by atoms with E-state index in [1.807, 2.05) is 0 Å². The first-order valence-corrected chi connectivity index (χ1v) is 6.49. The number of hydrogen-bond acceptors (Lipinski definition) is 1. The maximum atomic E-state index is 12.9. The van der Waals surface area contributed by atoms with Crippen molar-refractivity contribution in [3.8, 4) is 11.3 Å². The SMILES string of the molecule is C[C@H]1CCc2c(Br)c(-c3ccc(F)cc3)nn21. The molecule has 2 aromatic rings. The van der Waals surface area contributed by atoms with Crippen molar-refractivity contribution in [2.45, 2.75) is 25.8 Å². The number of benzene rings is 1. The van der Waals surface area contributed by atoms with Crippen LogP contribution in [0.3, 0.4) is 0 Å². The molecule has 0 fully saturated rings. The Balaban J connectivity index is 2.10. The summed E-state index contributed by atoms with van der Waals surface area (Å²) in [5.41, 5.74) is 3.11. The molecule has 0 aliphatic carbocycles. The van der Waals surface area contributed by atoms with Gasteiger partial charge in [-0.2, -0.15) is 5.10 Å². The Labute approximate surface area is 108 Å². The van der Waals surface area contributed by atoms with E-state index >= 15 is 0 Å². The molecule has 0 spiro atoms. The van der Waals surface area contributed by atoms with Gasteiger partial charge in [-0.25, -0.2) is 4.39 Å². The number of hydrogen-bond donors (Lipinski definition) is 0. The highest BCUT2D eigenvalue weighted by Crippen LogP contribution is 2.37. The van der Waals surface area contributed by atoms with Gasteiger partial charge in [-0.05, 0) is 60.0 Å². The van der Waals surface area contributed by atoms with Crippen molar-refractivity contribution in [2.75, 3.05) is 0 Å². The third kappa shape index (κ3) is 1.71. The second-order valence-electron chi connectivity index (χ2n) is 4.45. The van der Waals surface area contributed by atoms with Gasteiger partial charge in [-0.15, -0.1) is 0 Å². The molecule has 4 heteroatoms. The Morgan fingerprint density at radius 1 is 1.35 bits per heavy atom. The molecule has 0 saturated carbocycles. The van der Waals surface area contributed by atoms with Crippen molar-refractivity contribution < 1.29 is 4.39 Å². The van der Waals surface area contributed by atoms with Gasteiger partial charge in [0.25, 0.3) is 0 Å². The van der Waals surface area contributed by atoms with E-state index in [2.05, 4.69) is 32.6 Å². The summed E-state index contributed by atoms with van der Waals surface area (Å²) in [6.45, 7) is 2.17. The molecule has 17 heavy (non-hydrogen) atoms. The molecule has 0 radical (unpaired) electrons. The molecule has 1 atom stereocenters. The summed E-state index contributed by atoms with van der Waals surface area (Å²) in [4.78, 5) is 0. The summed E-state index contributed by atoms with van der Waals surface area (Å²) in [5.74, 6) is -0.218. The molecule has 2 heterocycles. The lowest BCUT2D eigenvalue weighted by atomic mass is 10.1. The Morgan fingerprint density at radius 3 is 2.71 bits per heavy atom. The maximum absolute atomic E-state index is 12.9. The Hall–Kier alpha value is -1.16. The number of rotatable bonds is 1. The van der Waals surface area contributed by atoms with Crippen LogP contribution in [-0.4, -0.2) is 9.78 Å². The van der Waals surface area contributed by atoms with Crippen molar-refractivity contribution in [1.29, 1.82) is 0 Å². The summed E-state index contributed by atoms with van der Waals surface area (Å²) in [6.07, 6.45) is 2.20. The van der Waals surface area contributed by atoms with E-state index in [9.17, 15) is 4.39 Å². The lowest BCUT2D eigenvalue weighted by Crippen LogP contribution is -2.00. The van der Waals surface area contributed by atoms with E-state index in [0.717, 1.165) is 28.6 Å². The van der Waals surface area contributed by atoms with Crippen LogP contribution in [0.25, 0.3) is 11.3 Å². The van der Waals surface area contributed by atoms with Crippen LogP contribution in [0.4, 0.5) is 4.39 Å². The third-order valence-electron chi connectivity index (χ3n) is 3.28.